The van der Waals surface area contributed by atoms with E-state index in [0.717, 1.165) is 4.90 Å². The summed E-state index contributed by atoms with van der Waals surface area (Å²) in [5.74, 6) is -1.97. The van der Waals surface area contributed by atoms with Gasteiger partial charge in [0, 0.05) is 24.4 Å². The van der Waals surface area contributed by atoms with Crippen LogP contribution in [0.3, 0.4) is 0 Å². The molecule has 116 valence electrons. The van der Waals surface area contributed by atoms with Crippen LogP contribution in [0.5, 0.6) is 0 Å². The van der Waals surface area contributed by atoms with Gasteiger partial charge in [-0.25, -0.2) is 0 Å². The first-order valence-corrected chi connectivity index (χ1v) is 7.03. The van der Waals surface area contributed by atoms with Crippen molar-refractivity contribution in [1.29, 1.82) is 0 Å². The predicted molar refractivity (Wildman–Crippen MR) is 78.6 cm³/mol. The minimum Gasteiger partial charge on any atom is -0.295 e. The lowest BCUT2D eigenvalue weighted by Gasteiger charge is -2.35. The largest absolute Gasteiger partial charge is 0.295 e. The molecule has 2 aliphatic heterocycles. The van der Waals surface area contributed by atoms with Gasteiger partial charge in [0.2, 0.25) is 17.7 Å². The van der Waals surface area contributed by atoms with E-state index in [4.69, 9.17) is 0 Å². The summed E-state index contributed by atoms with van der Waals surface area (Å²) in [7, 11) is 0. The number of nitrogens with one attached hydrogen (secondary N) is 1. The van der Waals surface area contributed by atoms with Gasteiger partial charge in [0.05, 0.1) is 6.42 Å². The summed E-state index contributed by atoms with van der Waals surface area (Å²) < 4.78 is 0. The molecule has 1 unspecified atom stereocenters. The highest BCUT2D eigenvalue weighted by atomic mass is 16.2. The van der Waals surface area contributed by atoms with Crippen molar-refractivity contribution in [1.82, 2.24) is 10.2 Å². The Morgan fingerprint density at radius 3 is 2.55 bits per heavy atom. The molecule has 0 aliphatic carbocycles. The molecule has 2 heterocycles. The maximum absolute atomic E-state index is 12.5. The van der Waals surface area contributed by atoms with Gasteiger partial charge in [-0.15, -0.1) is 0 Å². The molecule has 0 aromatic rings. The number of imide groups is 2. The minimum atomic E-state index is -0.927. The van der Waals surface area contributed by atoms with Crippen LogP contribution in [-0.2, 0) is 19.2 Å². The quantitative estimate of drug-likeness (QED) is 0.455. The van der Waals surface area contributed by atoms with E-state index >= 15 is 0 Å². The van der Waals surface area contributed by atoms with Gasteiger partial charge in [0.25, 0.3) is 5.91 Å². The molecule has 0 saturated carbocycles. The summed E-state index contributed by atoms with van der Waals surface area (Å²) in [5, 5.41) is 2.16. The van der Waals surface area contributed by atoms with Crippen molar-refractivity contribution in [3.8, 4) is 0 Å². The number of amides is 4. The average molecular weight is 303 g/mol. The number of rotatable bonds is 2. The van der Waals surface area contributed by atoms with Crippen molar-refractivity contribution in [2.24, 2.45) is 4.99 Å². The highest BCUT2D eigenvalue weighted by Gasteiger charge is 2.42. The smallest absolute Gasteiger partial charge is 0.261 e. The fourth-order valence-corrected chi connectivity index (χ4v) is 2.56. The summed E-state index contributed by atoms with van der Waals surface area (Å²) in [5.41, 5.74) is 0.883. The van der Waals surface area contributed by atoms with Crippen LogP contribution in [0.2, 0.25) is 0 Å². The second-order valence-electron chi connectivity index (χ2n) is 4.98. The molecule has 0 bridgehead atoms. The second kappa shape index (κ2) is 6.46. The van der Waals surface area contributed by atoms with E-state index in [0.29, 0.717) is 11.1 Å². The Hall–Kier alpha value is -2.57. The lowest BCUT2D eigenvalue weighted by Crippen LogP contribution is -2.58. The van der Waals surface area contributed by atoms with Gasteiger partial charge in [0.15, 0.2) is 0 Å². The molecule has 0 aromatic heterocycles. The molecular weight excluding hydrogens is 286 g/mol. The third kappa shape index (κ3) is 2.88. The maximum Gasteiger partial charge on any atom is 0.261 e. The van der Waals surface area contributed by atoms with E-state index in [1.54, 1.807) is 26.1 Å². The molecule has 2 fully saturated rings. The van der Waals surface area contributed by atoms with E-state index in [1.807, 2.05) is 0 Å². The first-order valence-electron chi connectivity index (χ1n) is 7.03. The summed E-state index contributed by atoms with van der Waals surface area (Å²) >= 11 is 0. The van der Waals surface area contributed by atoms with E-state index < -0.39 is 23.8 Å². The van der Waals surface area contributed by atoms with Crippen molar-refractivity contribution in [3.05, 3.63) is 23.4 Å². The fourth-order valence-electron chi connectivity index (χ4n) is 2.56. The van der Waals surface area contributed by atoms with Gasteiger partial charge in [-0.05, 0) is 25.8 Å². The highest BCUT2D eigenvalue weighted by molar-refractivity contribution is 6.15. The Morgan fingerprint density at radius 2 is 1.95 bits per heavy atom. The van der Waals surface area contributed by atoms with Crippen LogP contribution in [-0.4, -0.2) is 40.8 Å². The van der Waals surface area contributed by atoms with Gasteiger partial charge < -0.3 is 0 Å². The number of nitrogens with zero attached hydrogens (tertiary/aromatic N) is 2. The van der Waals surface area contributed by atoms with Crippen LogP contribution < -0.4 is 5.32 Å². The topological polar surface area (TPSA) is 95.9 Å². The first-order chi connectivity index (χ1) is 10.5. The Kier molecular flexibility index (Phi) is 4.65. The molecule has 2 saturated heterocycles. The molecule has 2 rings (SSSR count). The second-order valence-corrected chi connectivity index (χ2v) is 4.98. The van der Waals surface area contributed by atoms with Gasteiger partial charge in [-0.1, -0.05) is 6.08 Å². The minimum absolute atomic E-state index is 0.000476. The SMILES string of the molecule is C/C=N/C=C1/CC(=O)N(C2CCC(=O)NC2=O)C(=O)/C1=C/C. The van der Waals surface area contributed by atoms with Crippen molar-refractivity contribution in [3.63, 3.8) is 0 Å². The highest BCUT2D eigenvalue weighted by Crippen LogP contribution is 2.28. The van der Waals surface area contributed by atoms with Gasteiger partial charge in [-0.2, -0.15) is 0 Å². The van der Waals surface area contributed by atoms with E-state index in [9.17, 15) is 19.2 Å². The normalized spacial score (nSPS) is 27.2. The van der Waals surface area contributed by atoms with Crippen LogP contribution >= 0.6 is 0 Å². The Bertz CT molecular complexity index is 631. The van der Waals surface area contributed by atoms with Crippen LogP contribution in [0.25, 0.3) is 0 Å². The van der Waals surface area contributed by atoms with E-state index in [1.165, 1.54) is 6.20 Å². The fraction of sp³-hybridized carbons (Fsp3) is 0.400. The number of piperidine rings is 2. The van der Waals surface area contributed by atoms with E-state index in [2.05, 4.69) is 10.3 Å². The standard InChI is InChI=1S/C15H17N3O4/c1-3-10-9(8-16-4-2)7-13(20)18(15(10)22)11-5-6-12(19)17-14(11)21/h3-4,8,11H,5-7H2,1-2H3,(H,17,19,21)/b9-8-,10-3+,16-4+. The third-order valence-corrected chi connectivity index (χ3v) is 3.60. The zero-order chi connectivity index (χ0) is 16.3. The lowest BCUT2D eigenvalue weighted by molar-refractivity contribution is -0.154. The molecule has 22 heavy (non-hydrogen) atoms. The molecule has 7 heteroatoms. The lowest BCUT2D eigenvalue weighted by atomic mass is 9.93. The zero-order valence-electron chi connectivity index (χ0n) is 12.5. The van der Waals surface area contributed by atoms with Crippen molar-refractivity contribution in [2.45, 2.75) is 39.2 Å². The van der Waals surface area contributed by atoms with Crippen molar-refractivity contribution >= 4 is 29.8 Å². The molecule has 2 aliphatic rings. The number of carbonyl (C=O) groups excluding carboxylic acids is 4. The van der Waals surface area contributed by atoms with Crippen LogP contribution in [0.15, 0.2) is 28.4 Å². The van der Waals surface area contributed by atoms with Crippen LogP contribution in [0.1, 0.15) is 33.1 Å². The number of aliphatic imine (C=N–C) groups is 1. The Morgan fingerprint density at radius 1 is 1.23 bits per heavy atom. The molecule has 0 spiro atoms. The summed E-state index contributed by atoms with van der Waals surface area (Å²) in [4.78, 5) is 52.9. The molecule has 1 N–H and O–H groups in total. The van der Waals surface area contributed by atoms with Gasteiger partial charge in [-0.3, -0.25) is 34.4 Å². The van der Waals surface area contributed by atoms with Crippen molar-refractivity contribution in [2.75, 3.05) is 0 Å². The average Bonchev–Trinajstić information content (AvgIpc) is 2.47. The van der Waals surface area contributed by atoms with Gasteiger partial charge >= 0.3 is 0 Å². The zero-order valence-corrected chi connectivity index (χ0v) is 12.5. The summed E-state index contributed by atoms with van der Waals surface area (Å²) in [6, 6.07) is -0.927. The van der Waals surface area contributed by atoms with Crippen LogP contribution in [0.4, 0.5) is 0 Å². The van der Waals surface area contributed by atoms with Crippen LogP contribution in [0, 0.1) is 0 Å². The summed E-state index contributed by atoms with van der Waals surface area (Å²) in [6.07, 6.45) is 4.91. The number of hydrogen-bond donors (Lipinski definition) is 1. The third-order valence-electron chi connectivity index (χ3n) is 3.60. The number of allylic oxidation sites excluding steroid dienone is 1. The monoisotopic (exact) mass is 303 g/mol. The number of carbonyl (C=O) groups is 4. The summed E-state index contributed by atoms with van der Waals surface area (Å²) in [6.45, 7) is 3.42. The van der Waals surface area contributed by atoms with Crippen molar-refractivity contribution < 1.29 is 19.2 Å². The molecular formula is C15H17N3O4. The predicted octanol–water partition coefficient (Wildman–Crippen LogP) is 0.471. The van der Waals surface area contributed by atoms with E-state index in [-0.39, 0.29) is 25.2 Å². The molecule has 7 nitrogen and oxygen atoms in total. The number of likely N-dealkylation sites (tertiary alicyclic amines) is 1. The first kappa shape index (κ1) is 15.8. The Balaban J connectivity index is 2.32. The molecule has 4 amide bonds. The molecule has 0 aromatic carbocycles. The number of hydrogen-bond acceptors (Lipinski definition) is 5. The molecule has 1 atom stereocenters. The maximum atomic E-state index is 12.5. The molecule has 0 radical (unpaired) electrons. The van der Waals surface area contributed by atoms with Gasteiger partial charge in [0.1, 0.15) is 6.04 Å². The Labute approximate surface area is 127 Å².